The zero-order valence-corrected chi connectivity index (χ0v) is 11.5. The molecule has 94 valence electrons. The zero-order valence-electron chi connectivity index (χ0n) is 9.88. The van der Waals surface area contributed by atoms with Gasteiger partial charge < -0.3 is 5.32 Å². The number of nitrogens with one attached hydrogen (secondary N) is 1. The molecule has 0 bridgehead atoms. The van der Waals surface area contributed by atoms with Crippen LogP contribution in [0.1, 0.15) is 6.42 Å². The molecule has 1 aliphatic rings. The van der Waals surface area contributed by atoms with Gasteiger partial charge in [0.05, 0.1) is 6.54 Å². The number of benzene rings is 1. The summed E-state index contributed by atoms with van der Waals surface area (Å²) in [5.74, 6) is 1.31. The quantitative estimate of drug-likeness (QED) is 0.938. The van der Waals surface area contributed by atoms with Gasteiger partial charge in [0.1, 0.15) is 0 Å². The van der Waals surface area contributed by atoms with Crippen LogP contribution in [0.2, 0.25) is 0 Å². The van der Waals surface area contributed by atoms with E-state index < -0.39 is 0 Å². The van der Waals surface area contributed by atoms with Gasteiger partial charge in [-0.15, -0.1) is 10.2 Å². The summed E-state index contributed by atoms with van der Waals surface area (Å²) >= 11 is 3.41. The average Bonchev–Trinajstić information content (AvgIpc) is 3.02. The van der Waals surface area contributed by atoms with E-state index in [9.17, 15) is 0 Å². The van der Waals surface area contributed by atoms with Crippen LogP contribution in [-0.4, -0.2) is 33.3 Å². The summed E-state index contributed by atoms with van der Waals surface area (Å²) in [7, 11) is 0. The van der Waals surface area contributed by atoms with Crippen LogP contribution in [0.5, 0.6) is 0 Å². The fraction of sp³-hybridized carbons (Fsp3) is 0.417. The molecule has 1 aromatic heterocycles. The van der Waals surface area contributed by atoms with Gasteiger partial charge in [0.15, 0.2) is 0 Å². The highest BCUT2D eigenvalue weighted by atomic mass is 79.9. The molecule has 1 unspecified atom stereocenters. The molecule has 2 aromatic rings. The van der Waals surface area contributed by atoms with Crippen molar-refractivity contribution in [2.45, 2.75) is 13.0 Å². The van der Waals surface area contributed by atoms with Gasteiger partial charge in [0.2, 0.25) is 5.82 Å². The highest BCUT2D eigenvalue weighted by Crippen LogP contribution is 2.18. The Morgan fingerprint density at radius 2 is 2.17 bits per heavy atom. The molecule has 6 heteroatoms. The smallest absolute Gasteiger partial charge is 0.204 e. The molecule has 0 saturated carbocycles. The van der Waals surface area contributed by atoms with Gasteiger partial charge in [-0.25, -0.2) is 0 Å². The maximum Gasteiger partial charge on any atom is 0.204 e. The fourth-order valence-electron chi connectivity index (χ4n) is 2.14. The standard InChI is InChI=1S/C12H14BrN5/c13-11-3-1-10(2-4-11)12-15-17-18(16-12)8-9-5-6-14-7-9/h1-4,9,14H,5-8H2. The Morgan fingerprint density at radius 1 is 1.33 bits per heavy atom. The van der Waals surface area contributed by atoms with Gasteiger partial charge in [-0.1, -0.05) is 15.9 Å². The fourth-order valence-corrected chi connectivity index (χ4v) is 2.40. The van der Waals surface area contributed by atoms with E-state index in [1.165, 1.54) is 6.42 Å². The van der Waals surface area contributed by atoms with Crippen LogP contribution in [0.3, 0.4) is 0 Å². The number of halogens is 1. The van der Waals surface area contributed by atoms with Crippen LogP contribution >= 0.6 is 15.9 Å². The SMILES string of the molecule is Brc1ccc(-c2nnn(CC3CCNC3)n2)cc1. The van der Waals surface area contributed by atoms with Crippen LogP contribution in [0.15, 0.2) is 28.7 Å². The van der Waals surface area contributed by atoms with E-state index in [1.807, 2.05) is 24.3 Å². The van der Waals surface area contributed by atoms with E-state index in [-0.39, 0.29) is 0 Å². The second-order valence-corrected chi connectivity index (χ2v) is 5.45. The third kappa shape index (κ3) is 2.59. The topological polar surface area (TPSA) is 55.6 Å². The highest BCUT2D eigenvalue weighted by molar-refractivity contribution is 9.10. The Morgan fingerprint density at radius 3 is 2.89 bits per heavy atom. The first kappa shape index (κ1) is 11.8. The number of tetrazole rings is 1. The van der Waals surface area contributed by atoms with Gasteiger partial charge >= 0.3 is 0 Å². The van der Waals surface area contributed by atoms with Crippen molar-refractivity contribution >= 4 is 15.9 Å². The molecule has 3 rings (SSSR count). The van der Waals surface area contributed by atoms with Crippen molar-refractivity contribution < 1.29 is 0 Å². The lowest BCUT2D eigenvalue weighted by atomic mass is 10.1. The van der Waals surface area contributed by atoms with Gasteiger partial charge in [0.25, 0.3) is 0 Å². The van der Waals surface area contributed by atoms with E-state index in [2.05, 4.69) is 36.7 Å². The Kier molecular flexibility index (Phi) is 3.38. The Bertz CT molecular complexity index is 516. The van der Waals surface area contributed by atoms with E-state index in [0.29, 0.717) is 11.7 Å². The third-order valence-electron chi connectivity index (χ3n) is 3.14. The molecule has 18 heavy (non-hydrogen) atoms. The molecule has 1 aromatic carbocycles. The summed E-state index contributed by atoms with van der Waals surface area (Å²) < 4.78 is 1.05. The first-order chi connectivity index (χ1) is 8.81. The summed E-state index contributed by atoms with van der Waals surface area (Å²) in [6.07, 6.45) is 1.19. The molecule has 0 radical (unpaired) electrons. The molecule has 1 fully saturated rings. The van der Waals surface area contributed by atoms with Gasteiger partial charge in [0, 0.05) is 10.0 Å². The van der Waals surface area contributed by atoms with E-state index in [1.54, 1.807) is 4.80 Å². The molecule has 0 aliphatic carbocycles. The van der Waals surface area contributed by atoms with Gasteiger partial charge in [-0.3, -0.25) is 0 Å². The Balaban J connectivity index is 1.74. The lowest BCUT2D eigenvalue weighted by molar-refractivity contribution is 0.405. The number of aromatic nitrogens is 4. The maximum absolute atomic E-state index is 4.43. The Hall–Kier alpha value is -1.27. The van der Waals surface area contributed by atoms with Crippen LogP contribution in [0, 0.1) is 5.92 Å². The minimum Gasteiger partial charge on any atom is -0.316 e. The van der Waals surface area contributed by atoms with Crippen LogP contribution < -0.4 is 5.32 Å². The predicted molar refractivity (Wildman–Crippen MR) is 71.9 cm³/mol. The van der Waals surface area contributed by atoms with Crippen molar-refractivity contribution in [2.24, 2.45) is 5.92 Å². The molecule has 1 saturated heterocycles. The first-order valence-corrected chi connectivity index (χ1v) is 6.85. The van der Waals surface area contributed by atoms with Crippen molar-refractivity contribution in [3.8, 4) is 11.4 Å². The lowest BCUT2D eigenvalue weighted by Crippen LogP contribution is -2.16. The minimum atomic E-state index is 0.622. The largest absolute Gasteiger partial charge is 0.316 e. The van der Waals surface area contributed by atoms with E-state index >= 15 is 0 Å². The summed E-state index contributed by atoms with van der Waals surface area (Å²) in [5, 5.41) is 16.0. The number of rotatable bonds is 3. The van der Waals surface area contributed by atoms with E-state index in [0.717, 1.165) is 29.7 Å². The molecule has 1 aliphatic heterocycles. The number of hydrogen-bond acceptors (Lipinski definition) is 4. The summed E-state index contributed by atoms with van der Waals surface area (Å²) in [6.45, 7) is 2.99. The molecule has 2 heterocycles. The number of nitrogens with zero attached hydrogens (tertiary/aromatic N) is 4. The molecule has 1 N–H and O–H groups in total. The van der Waals surface area contributed by atoms with Crippen molar-refractivity contribution in [2.75, 3.05) is 13.1 Å². The van der Waals surface area contributed by atoms with Crippen molar-refractivity contribution in [1.82, 2.24) is 25.5 Å². The second kappa shape index (κ2) is 5.16. The Labute approximate surface area is 114 Å². The summed E-state index contributed by atoms with van der Waals surface area (Å²) in [4.78, 5) is 1.70. The molecular weight excluding hydrogens is 294 g/mol. The second-order valence-electron chi connectivity index (χ2n) is 4.53. The molecular formula is C12H14BrN5. The predicted octanol–water partition coefficient (Wildman–Crippen LogP) is 1.71. The molecule has 0 amide bonds. The van der Waals surface area contributed by atoms with Gasteiger partial charge in [-0.2, -0.15) is 4.80 Å². The van der Waals surface area contributed by atoms with Crippen molar-refractivity contribution in [3.05, 3.63) is 28.7 Å². The normalized spacial score (nSPS) is 19.3. The maximum atomic E-state index is 4.43. The van der Waals surface area contributed by atoms with E-state index in [4.69, 9.17) is 0 Å². The van der Waals surface area contributed by atoms with Crippen molar-refractivity contribution in [3.63, 3.8) is 0 Å². The van der Waals surface area contributed by atoms with Crippen molar-refractivity contribution in [1.29, 1.82) is 0 Å². The highest BCUT2D eigenvalue weighted by Gasteiger charge is 2.16. The zero-order chi connectivity index (χ0) is 12.4. The van der Waals surface area contributed by atoms with Crippen LogP contribution in [-0.2, 0) is 6.54 Å². The minimum absolute atomic E-state index is 0.622. The molecule has 1 atom stereocenters. The summed E-state index contributed by atoms with van der Waals surface area (Å²) in [6, 6.07) is 7.94. The first-order valence-electron chi connectivity index (χ1n) is 6.06. The summed E-state index contributed by atoms with van der Waals surface area (Å²) in [5.41, 5.74) is 0.994. The van der Waals surface area contributed by atoms with Gasteiger partial charge in [-0.05, 0) is 54.9 Å². The van der Waals surface area contributed by atoms with Crippen LogP contribution in [0.25, 0.3) is 11.4 Å². The molecule has 5 nitrogen and oxygen atoms in total. The monoisotopic (exact) mass is 307 g/mol. The molecule has 0 spiro atoms. The number of hydrogen-bond donors (Lipinski definition) is 1. The van der Waals surface area contributed by atoms with Crippen LogP contribution in [0.4, 0.5) is 0 Å². The average molecular weight is 308 g/mol. The third-order valence-corrected chi connectivity index (χ3v) is 3.67. The lowest BCUT2D eigenvalue weighted by Gasteiger charge is -2.04.